The van der Waals surface area contributed by atoms with Crippen molar-refractivity contribution in [3.8, 4) is 0 Å². The van der Waals surface area contributed by atoms with Crippen LogP contribution in [0.2, 0.25) is 5.02 Å². The van der Waals surface area contributed by atoms with Crippen LogP contribution in [0.5, 0.6) is 0 Å². The zero-order chi connectivity index (χ0) is 20.0. The van der Waals surface area contributed by atoms with Gasteiger partial charge in [-0.05, 0) is 24.1 Å². The summed E-state index contributed by atoms with van der Waals surface area (Å²) in [5.74, 6) is 0.639. The van der Waals surface area contributed by atoms with Crippen molar-refractivity contribution in [2.24, 2.45) is 4.99 Å². The van der Waals surface area contributed by atoms with Crippen molar-refractivity contribution in [2.45, 2.75) is 12.2 Å². The number of rotatable bonds is 6. The van der Waals surface area contributed by atoms with Crippen LogP contribution in [0, 0.1) is 0 Å². The van der Waals surface area contributed by atoms with Crippen LogP contribution in [-0.2, 0) is 22.2 Å². The molecule has 1 aromatic carbocycles. The van der Waals surface area contributed by atoms with Crippen molar-refractivity contribution in [1.82, 2.24) is 19.7 Å². The van der Waals surface area contributed by atoms with E-state index in [-0.39, 0.29) is 29.7 Å². The fourth-order valence-electron chi connectivity index (χ4n) is 3.07. The van der Waals surface area contributed by atoms with Gasteiger partial charge in [-0.3, -0.25) is 4.99 Å². The summed E-state index contributed by atoms with van der Waals surface area (Å²) in [6.07, 6.45) is 2.23. The van der Waals surface area contributed by atoms with Crippen molar-refractivity contribution in [3.05, 3.63) is 52.9 Å². The second kappa shape index (κ2) is 11.1. The molecule has 0 radical (unpaired) electrons. The normalized spacial score (nSPS) is 15.8. The summed E-state index contributed by atoms with van der Waals surface area (Å²) in [5.41, 5.74) is 1.61. The Balaban J connectivity index is 0.00000300. The van der Waals surface area contributed by atoms with Crippen molar-refractivity contribution < 1.29 is 12.9 Å². The minimum atomic E-state index is -3.41. The summed E-state index contributed by atoms with van der Waals surface area (Å²) < 4.78 is 31.3. The Morgan fingerprint density at radius 1 is 1.21 bits per heavy atom. The summed E-state index contributed by atoms with van der Waals surface area (Å²) >= 11 is 5.91. The average Bonchev–Trinajstić information content (AvgIpc) is 3.19. The van der Waals surface area contributed by atoms with E-state index >= 15 is 0 Å². The van der Waals surface area contributed by atoms with Gasteiger partial charge in [0.15, 0.2) is 5.96 Å². The van der Waals surface area contributed by atoms with Crippen molar-refractivity contribution in [2.75, 3.05) is 39.8 Å². The fourth-order valence-corrected chi connectivity index (χ4v) is 4.62. The summed E-state index contributed by atoms with van der Waals surface area (Å²) in [6.45, 7) is 2.73. The van der Waals surface area contributed by atoms with Crippen LogP contribution in [0.4, 0.5) is 0 Å². The van der Waals surface area contributed by atoms with E-state index in [1.165, 1.54) is 16.1 Å². The highest BCUT2D eigenvalue weighted by Gasteiger charge is 2.28. The molecule has 0 unspecified atom stereocenters. The van der Waals surface area contributed by atoms with Gasteiger partial charge in [-0.25, -0.2) is 8.42 Å². The monoisotopic (exact) mass is 553 g/mol. The third-order valence-electron chi connectivity index (χ3n) is 4.57. The molecule has 1 aliphatic heterocycles. The first kappa shape index (κ1) is 23.9. The van der Waals surface area contributed by atoms with Gasteiger partial charge in [0.1, 0.15) is 12.0 Å². The Bertz CT molecular complexity index is 883. The number of hydrogen-bond donors (Lipinski definition) is 1. The van der Waals surface area contributed by atoms with E-state index in [0.717, 1.165) is 23.9 Å². The minimum Gasteiger partial charge on any atom is -0.364 e. The van der Waals surface area contributed by atoms with E-state index in [1.807, 2.05) is 24.3 Å². The number of hydrogen-bond acceptors (Lipinski definition) is 5. The summed E-state index contributed by atoms with van der Waals surface area (Å²) in [7, 11) is -1.67. The highest BCUT2D eigenvalue weighted by atomic mass is 127. The molecule has 1 aliphatic rings. The standard InChI is InChI=1S/C18H24ClN5O3S.HI/c1-20-18(21-8-6-15-2-4-16(19)5-3-15)23-9-11-24(12-10-23)28(25,26)14-17-7-13-27-22-17;/h2-5,7,13H,6,8-12,14H2,1H3,(H,20,21);1H. The summed E-state index contributed by atoms with van der Waals surface area (Å²) in [6, 6.07) is 9.34. The molecule has 0 atom stereocenters. The average molecular weight is 554 g/mol. The Hall–Kier alpha value is -1.37. The number of nitrogens with one attached hydrogen (secondary N) is 1. The first-order valence-electron chi connectivity index (χ1n) is 9.05. The maximum Gasteiger partial charge on any atom is 0.220 e. The molecule has 8 nitrogen and oxygen atoms in total. The van der Waals surface area contributed by atoms with E-state index in [2.05, 4.69) is 20.4 Å². The third kappa shape index (κ3) is 6.83. The number of sulfonamides is 1. The zero-order valence-electron chi connectivity index (χ0n) is 16.1. The van der Waals surface area contributed by atoms with Gasteiger partial charge >= 0.3 is 0 Å². The van der Waals surface area contributed by atoms with Gasteiger partial charge in [-0.1, -0.05) is 28.9 Å². The molecule has 2 heterocycles. The van der Waals surface area contributed by atoms with E-state index < -0.39 is 10.0 Å². The first-order valence-corrected chi connectivity index (χ1v) is 11.0. The molecule has 0 amide bonds. The first-order chi connectivity index (χ1) is 13.5. The number of piperazine rings is 1. The van der Waals surface area contributed by atoms with E-state index in [9.17, 15) is 8.42 Å². The van der Waals surface area contributed by atoms with E-state index in [4.69, 9.17) is 16.1 Å². The predicted molar refractivity (Wildman–Crippen MR) is 124 cm³/mol. The second-order valence-corrected chi connectivity index (χ2v) is 8.89. The van der Waals surface area contributed by atoms with Gasteiger partial charge in [0.2, 0.25) is 10.0 Å². The zero-order valence-corrected chi connectivity index (χ0v) is 20.0. The van der Waals surface area contributed by atoms with Gasteiger partial charge < -0.3 is 14.7 Å². The van der Waals surface area contributed by atoms with Crippen LogP contribution in [0.3, 0.4) is 0 Å². The smallest absolute Gasteiger partial charge is 0.220 e. The van der Waals surface area contributed by atoms with Crippen molar-refractivity contribution >= 4 is 51.6 Å². The van der Waals surface area contributed by atoms with Crippen molar-refractivity contribution in [3.63, 3.8) is 0 Å². The SMILES string of the molecule is CN=C(NCCc1ccc(Cl)cc1)N1CCN(S(=O)(=O)Cc2ccon2)CC1.I. The number of nitrogens with zero attached hydrogens (tertiary/aromatic N) is 4. The topological polar surface area (TPSA) is 91.0 Å². The lowest BCUT2D eigenvalue weighted by atomic mass is 10.1. The van der Waals surface area contributed by atoms with E-state index in [0.29, 0.717) is 31.9 Å². The predicted octanol–water partition coefficient (Wildman–Crippen LogP) is 2.21. The summed E-state index contributed by atoms with van der Waals surface area (Å²) in [4.78, 5) is 6.40. The lowest BCUT2D eigenvalue weighted by molar-refractivity contribution is 0.260. The summed E-state index contributed by atoms with van der Waals surface area (Å²) in [5, 5.41) is 7.76. The molecule has 0 bridgehead atoms. The Morgan fingerprint density at radius 2 is 1.90 bits per heavy atom. The molecule has 1 aromatic heterocycles. The third-order valence-corrected chi connectivity index (χ3v) is 6.64. The van der Waals surface area contributed by atoms with Crippen LogP contribution in [0.1, 0.15) is 11.3 Å². The van der Waals surface area contributed by atoms with Gasteiger partial charge in [0.05, 0.1) is 5.69 Å². The van der Waals surface area contributed by atoms with Gasteiger partial charge in [0, 0.05) is 50.9 Å². The minimum absolute atomic E-state index is 0. The molecule has 1 N–H and O–H groups in total. The molecule has 0 aliphatic carbocycles. The number of guanidine groups is 1. The second-order valence-electron chi connectivity index (χ2n) is 6.48. The highest BCUT2D eigenvalue weighted by molar-refractivity contribution is 14.0. The maximum atomic E-state index is 12.5. The molecule has 11 heteroatoms. The molecule has 0 spiro atoms. The molecule has 3 rings (SSSR count). The fraction of sp³-hybridized carbons (Fsp3) is 0.444. The van der Waals surface area contributed by atoms with Crippen LogP contribution in [0.25, 0.3) is 0 Å². The molecule has 2 aromatic rings. The van der Waals surface area contributed by atoms with E-state index in [1.54, 1.807) is 13.1 Å². The molecular weight excluding hydrogens is 529 g/mol. The number of benzene rings is 1. The lowest BCUT2D eigenvalue weighted by Gasteiger charge is -2.35. The van der Waals surface area contributed by atoms with Crippen LogP contribution in [0.15, 0.2) is 46.1 Å². The number of aromatic nitrogens is 1. The highest BCUT2D eigenvalue weighted by Crippen LogP contribution is 2.13. The number of halogens is 2. The molecule has 29 heavy (non-hydrogen) atoms. The molecular formula is C18H25ClIN5O3S. The Labute approximate surface area is 193 Å². The lowest BCUT2D eigenvalue weighted by Crippen LogP contribution is -2.54. The van der Waals surface area contributed by atoms with Gasteiger partial charge in [-0.15, -0.1) is 24.0 Å². The van der Waals surface area contributed by atoms with Crippen LogP contribution >= 0.6 is 35.6 Å². The van der Waals surface area contributed by atoms with Crippen LogP contribution in [-0.4, -0.2) is 68.5 Å². The largest absolute Gasteiger partial charge is 0.364 e. The quantitative estimate of drug-likeness (QED) is 0.335. The molecule has 1 saturated heterocycles. The Kier molecular flexibility index (Phi) is 9.18. The molecule has 0 saturated carbocycles. The van der Waals surface area contributed by atoms with Crippen LogP contribution < -0.4 is 5.32 Å². The Morgan fingerprint density at radius 3 is 2.48 bits per heavy atom. The van der Waals surface area contributed by atoms with Gasteiger partial charge in [-0.2, -0.15) is 4.31 Å². The van der Waals surface area contributed by atoms with Gasteiger partial charge in [0.25, 0.3) is 0 Å². The molecule has 1 fully saturated rings. The van der Waals surface area contributed by atoms with Crippen molar-refractivity contribution in [1.29, 1.82) is 0 Å². The maximum absolute atomic E-state index is 12.5. The molecule has 160 valence electrons. The number of aliphatic imine (C=N–C) groups is 1.